The van der Waals surface area contributed by atoms with Crippen LogP contribution in [-0.2, 0) is 0 Å². The first-order valence-electron chi connectivity index (χ1n) is 7.62. The van der Waals surface area contributed by atoms with Crippen molar-refractivity contribution in [3.63, 3.8) is 0 Å². The van der Waals surface area contributed by atoms with Crippen LogP contribution in [0.3, 0.4) is 0 Å². The molecule has 1 heterocycles. The molecule has 1 atom stereocenters. The summed E-state index contributed by atoms with van der Waals surface area (Å²) in [6, 6.07) is 2.46. The Morgan fingerprint density at radius 2 is 1.89 bits per heavy atom. The third-order valence-electron chi connectivity index (χ3n) is 4.48. The van der Waals surface area contributed by atoms with Gasteiger partial charge in [0.15, 0.2) is 0 Å². The van der Waals surface area contributed by atoms with Gasteiger partial charge in [-0.25, -0.2) is 0 Å². The molecule has 1 aromatic heterocycles. The van der Waals surface area contributed by atoms with E-state index in [0.29, 0.717) is 12.6 Å². The zero-order valence-corrected chi connectivity index (χ0v) is 11.9. The molecule has 0 amide bonds. The molecule has 2 saturated carbocycles. The molecule has 0 saturated heterocycles. The smallest absolute Gasteiger partial charge is 0.0488 e. The molecule has 3 nitrogen and oxygen atoms in total. The molecule has 2 fully saturated rings. The summed E-state index contributed by atoms with van der Waals surface area (Å²) in [5.74, 6) is 1.84. The first-order chi connectivity index (χ1) is 9.28. The standard InChI is InChI=1S/C16H25N3/c1-12-6-7-18-9-15(12)16(8-17)19(10-13-2-3-13)11-14-4-5-14/h6-7,9,13-14,16H,2-5,8,10-11,17H2,1H3. The Bertz CT molecular complexity index is 410. The van der Waals surface area contributed by atoms with Crippen LogP contribution in [0.4, 0.5) is 0 Å². The van der Waals surface area contributed by atoms with Crippen molar-refractivity contribution in [1.82, 2.24) is 9.88 Å². The zero-order chi connectivity index (χ0) is 13.2. The lowest BCUT2D eigenvalue weighted by Gasteiger charge is -2.32. The van der Waals surface area contributed by atoms with E-state index in [-0.39, 0.29) is 0 Å². The van der Waals surface area contributed by atoms with Crippen LogP contribution >= 0.6 is 0 Å². The fourth-order valence-corrected chi connectivity index (χ4v) is 2.89. The third-order valence-corrected chi connectivity index (χ3v) is 4.48. The summed E-state index contributed by atoms with van der Waals surface area (Å²) in [6.45, 7) is 5.33. The molecule has 3 rings (SSSR count). The molecule has 19 heavy (non-hydrogen) atoms. The van der Waals surface area contributed by atoms with Gasteiger partial charge in [-0.2, -0.15) is 0 Å². The number of pyridine rings is 1. The van der Waals surface area contributed by atoms with Crippen LogP contribution in [0.2, 0.25) is 0 Å². The van der Waals surface area contributed by atoms with Gasteiger partial charge in [-0.05, 0) is 61.6 Å². The maximum atomic E-state index is 6.10. The molecule has 0 aromatic carbocycles. The summed E-state index contributed by atoms with van der Waals surface area (Å²) in [7, 11) is 0. The van der Waals surface area contributed by atoms with E-state index in [1.165, 1.54) is 49.9 Å². The number of rotatable bonds is 7. The maximum absolute atomic E-state index is 6.10. The van der Waals surface area contributed by atoms with Gasteiger partial charge < -0.3 is 5.73 Å². The summed E-state index contributed by atoms with van der Waals surface area (Å²) in [5, 5.41) is 0. The van der Waals surface area contributed by atoms with E-state index in [0.717, 1.165) is 11.8 Å². The molecular weight excluding hydrogens is 234 g/mol. The molecule has 0 spiro atoms. The summed E-state index contributed by atoms with van der Waals surface area (Å²) in [6.07, 6.45) is 9.52. The Hall–Kier alpha value is -0.930. The van der Waals surface area contributed by atoms with Gasteiger partial charge in [-0.3, -0.25) is 9.88 Å². The van der Waals surface area contributed by atoms with E-state index in [1.807, 2.05) is 12.4 Å². The second-order valence-electron chi connectivity index (χ2n) is 6.32. The minimum Gasteiger partial charge on any atom is -0.329 e. The summed E-state index contributed by atoms with van der Waals surface area (Å²) in [4.78, 5) is 6.94. The topological polar surface area (TPSA) is 42.1 Å². The zero-order valence-electron chi connectivity index (χ0n) is 11.9. The highest BCUT2D eigenvalue weighted by molar-refractivity contribution is 5.25. The van der Waals surface area contributed by atoms with Gasteiger partial charge in [0.25, 0.3) is 0 Å². The van der Waals surface area contributed by atoms with Crippen molar-refractivity contribution in [2.24, 2.45) is 17.6 Å². The van der Waals surface area contributed by atoms with Gasteiger partial charge in [-0.15, -0.1) is 0 Å². The Morgan fingerprint density at radius 1 is 1.26 bits per heavy atom. The van der Waals surface area contributed by atoms with E-state index in [1.54, 1.807) is 0 Å². The number of aromatic nitrogens is 1. The van der Waals surface area contributed by atoms with Crippen molar-refractivity contribution in [2.75, 3.05) is 19.6 Å². The molecule has 0 bridgehead atoms. The van der Waals surface area contributed by atoms with Crippen molar-refractivity contribution < 1.29 is 0 Å². The van der Waals surface area contributed by atoms with E-state index in [2.05, 4.69) is 22.9 Å². The van der Waals surface area contributed by atoms with E-state index < -0.39 is 0 Å². The highest BCUT2D eigenvalue weighted by atomic mass is 15.2. The number of hydrogen-bond acceptors (Lipinski definition) is 3. The van der Waals surface area contributed by atoms with Crippen molar-refractivity contribution in [1.29, 1.82) is 0 Å². The predicted molar refractivity (Wildman–Crippen MR) is 77.8 cm³/mol. The largest absolute Gasteiger partial charge is 0.329 e. The van der Waals surface area contributed by atoms with Crippen LogP contribution in [0.25, 0.3) is 0 Å². The minimum absolute atomic E-state index is 0.356. The average Bonchev–Trinajstić information content (AvgIpc) is 3.28. The van der Waals surface area contributed by atoms with E-state index in [9.17, 15) is 0 Å². The Labute approximate surface area is 116 Å². The van der Waals surface area contributed by atoms with E-state index >= 15 is 0 Å². The van der Waals surface area contributed by atoms with Crippen LogP contribution in [0.1, 0.15) is 42.9 Å². The average molecular weight is 259 g/mol. The number of hydrogen-bond donors (Lipinski definition) is 1. The van der Waals surface area contributed by atoms with Crippen LogP contribution in [0.5, 0.6) is 0 Å². The Morgan fingerprint density at radius 3 is 2.37 bits per heavy atom. The lowest BCUT2D eigenvalue weighted by atomic mass is 10.0. The van der Waals surface area contributed by atoms with Gasteiger partial charge in [0, 0.05) is 38.1 Å². The molecular formula is C16H25N3. The lowest BCUT2D eigenvalue weighted by molar-refractivity contribution is 0.184. The molecule has 3 heteroatoms. The molecule has 2 N–H and O–H groups in total. The lowest BCUT2D eigenvalue weighted by Crippen LogP contribution is -2.37. The minimum atomic E-state index is 0.356. The van der Waals surface area contributed by atoms with Gasteiger partial charge in [-0.1, -0.05) is 0 Å². The van der Waals surface area contributed by atoms with E-state index in [4.69, 9.17) is 5.73 Å². The fraction of sp³-hybridized carbons (Fsp3) is 0.688. The van der Waals surface area contributed by atoms with Gasteiger partial charge >= 0.3 is 0 Å². The monoisotopic (exact) mass is 259 g/mol. The van der Waals surface area contributed by atoms with Gasteiger partial charge in [0.2, 0.25) is 0 Å². The molecule has 1 aromatic rings. The summed E-state index contributed by atoms with van der Waals surface area (Å²) < 4.78 is 0. The molecule has 104 valence electrons. The van der Waals surface area contributed by atoms with Crippen molar-refractivity contribution >= 4 is 0 Å². The van der Waals surface area contributed by atoms with Crippen molar-refractivity contribution in [2.45, 2.75) is 38.6 Å². The second kappa shape index (κ2) is 5.59. The first-order valence-corrected chi connectivity index (χ1v) is 7.62. The predicted octanol–water partition coefficient (Wildman–Crippen LogP) is 2.51. The van der Waals surface area contributed by atoms with Crippen molar-refractivity contribution in [3.05, 3.63) is 29.6 Å². The Kier molecular flexibility index (Phi) is 3.85. The summed E-state index contributed by atoms with van der Waals surface area (Å²) >= 11 is 0. The highest BCUT2D eigenvalue weighted by Crippen LogP contribution is 2.37. The third kappa shape index (κ3) is 3.34. The summed E-state index contributed by atoms with van der Waals surface area (Å²) in [5.41, 5.74) is 8.74. The van der Waals surface area contributed by atoms with Crippen LogP contribution < -0.4 is 5.73 Å². The fourth-order valence-electron chi connectivity index (χ4n) is 2.89. The number of nitrogens with two attached hydrogens (primary N) is 1. The van der Waals surface area contributed by atoms with Crippen LogP contribution in [0.15, 0.2) is 18.5 Å². The van der Waals surface area contributed by atoms with Crippen LogP contribution in [-0.4, -0.2) is 29.5 Å². The molecule has 1 unspecified atom stereocenters. The second-order valence-corrected chi connectivity index (χ2v) is 6.32. The molecule has 2 aliphatic carbocycles. The van der Waals surface area contributed by atoms with Gasteiger partial charge in [0.1, 0.15) is 0 Å². The molecule has 2 aliphatic rings. The SMILES string of the molecule is Cc1ccncc1C(CN)N(CC1CC1)CC1CC1. The molecule has 0 aliphatic heterocycles. The maximum Gasteiger partial charge on any atom is 0.0488 e. The number of aryl methyl sites for hydroxylation is 1. The van der Waals surface area contributed by atoms with Gasteiger partial charge in [0.05, 0.1) is 0 Å². The highest BCUT2D eigenvalue weighted by Gasteiger charge is 2.33. The quantitative estimate of drug-likeness (QED) is 0.818. The van der Waals surface area contributed by atoms with Crippen LogP contribution in [0, 0.1) is 18.8 Å². The molecule has 0 radical (unpaired) electrons. The Balaban J connectivity index is 1.77. The normalized spacial score (nSPS) is 20.8. The van der Waals surface area contributed by atoms with Crippen molar-refractivity contribution in [3.8, 4) is 0 Å². The number of nitrogens with zero attached hydrogens (tertiary/aromatic N) is 2. The first kappa shape index (κ1) is 13.1.